The molecule has 0 aromatic heterocycles. The normalized spacial score (nSPS) is 7.68. The number of hydrogen-bond acceptors (Lipinski definition) is 0. The molecule has 2 rings (SSSR count). The molecule has 0 bridgehead atoms. The molecule has 3 heteroatoms. The molecule has 0 aliphatic carbocycles. The van der Waals surface area contributed by atoms with Crippen LogP contribution in [0, 0.1) is 12.1 Å². The minimum Gasteiger partial charge on any atom is -1.00 e. The van der Waals surface area contributed by atoms with Gasteiger partial charge in [0.05, 0.1) is 0 Å². The van der Waals surface area contributed by atoms with E-state index in [9.17, 15) is 0 Å². The third-order valence-electron chi connectivity index (χ3n) is 2.28. The SMILES string of the molecule is CCc1[c]c(CC)ccc1.[Cl-].[Cl-].[Sn+2].[c]1ccccc1. The van der Waals surface area contributed by atoms with Crippen molar-refractivity contribution < 1.29 is 24.8 Å². The summed E-state index contributed by atoms with van der Waals surface area (Å²) in [6.07, 6.45) is 2.18. The molecule has 2 aromatic carbocycles. The van der Waals surface area contributed by atoms with Crippen LogP contribution in [-0.4, -0.2) is 23.9 Å². The van der Waals surface area contributed by atoms with E-state index in [0.29, 0.717) is 0 Å². The third kappa shape index (κ3) is 11.4. The van der Waals surface area contributed by atoms with Crippen molar-refractivity contribution in [2.45, 2.75) is 26.7 Å². The zero-order valence-corrected chi connectivity index (χ0v) is 15.7. The summed E-state index contributed by atoms with van der Waals surface area (Å²) in [5.41, 5.74) is 2.64. The smallest absolute Gasteiger partial charge is 1.00 e. The Morgan fingerprint density at radius 3 is 1.53 bits per heavy atom. The molecule has 0 fully saturated rings. The first-order chi connectivity index (χ1) is 7.86. The fourth-order valence-electron chi connectivity index (χ4n) is 1.32. The van der Waals surface area contributed by atoms with Gasteiger partial charge in [-0.2, -0.15) is 0 Å². The second-order valence-corrected chi connectivity index (χ2v) is 3.49. The van der Waals surface area contributed by atoms with Crippen LogP contribution < -0.4 is 24.8 Å². The molecule has 2 aromatic rings. The Morgan fingerprint density at radius 1 is 0.789 bits per heavy atom. The van der Waals surface area contributed by atoms with E-state index in [1.165, 1.54) is 11.1 Å². The van der Waals surface area contributed by atoms with Crippen molar-refractivity contribution in [2.75, 3.05) is 0 Å². The van der Waals surface area contributed by atoms with E-state index in [4.69, 9.17) is 0 Å². The van der Waals surface area contributed by atoms with E-state index in [-0.39, 0.29) is 48.7 Å². The summed E-state index contributed by atoms with van der Waals surface area (Å²) in [6, 6.07) is 22.2. The van der Waals surface area contributed by atoms with E-state index < -0.39 is 0 Å². The second-order valence-electron chi connectivity index (χ2n) is 3.49. The Morgan fingerprint density at radius 2 is 1.26 bits per heavy atom. The Bertz CT molecular complexity index is 345. The number of hydrogen-bond donors (Lipinski definition) is 0. The molecule has 0 atom stereocenters. The van der Waals surface area contributed by atoms with Gasteiger partial charge in [-0.1, -0.05) is 62.4 Å². The first-order valence-electron chi connectivity index (χ1n) is 5.78. The zero-order chi connectivity index (χ0) is 11.6. The minimum absolute atomic E-state index is 0. The van der Waals surface area contributed by atoms with Crippen molar-refractivity contribution in [1.29, 1.82) is 0 Å². The van der Waals surface area contributed by atoms with E-state index >= 15 is 0 Å². The summed E-state index contributed by atoms with van der Waals surface area (Å²) in [5, 5.41) is 0. The van der Waals surface area contributed by atoms with Gasteiger partial charge in [-0.25, -0.2) is 0 Å². The maximum Gasteiger partial charge on any atom is 2.00 e. The van der Waals surface area contributed by atoms with Gasteiger partial charge in [0.25, 0.3) is 0 Å². The topological polar surface area (TPSA) is 0 Å². The van der Waals surface area contributed by atoms with E-state index in [2.05, 4.69) is 44.2 Å². The van der Waals surface area contributed by atoms with Crippen molar-refractivity contribution in [2.24, 2.45) is 0 Å². The van der Waals surface area contributed by atoms with Gasteiger partial charge in [0.15, 0.2) is 0 Å². The molecule has 0 amide bonds. The van der Waals surface area contributed by atoms with E-state index in [1.807, 2.05) is 30.3 Å². The van der Waals surface area contributed by atoms with Crippen LogP contribution in [-0.2, 0) is 12.8 Å². The van der Waals surface area contributed by atoms with Gasteiger partial charge in [-0.05, 0) is 36.1 Å². The Balaban J connectivity index is -0.000000252. The predicted octanol–water partition coefficient (Wildman–Crippen LogP) is -2.27. The van der Waals surface area contributed by atoms with Crippen LogP contribution in [0.5, 0.6) is 0 Å². The van der Waals surface area contributed by atoms with Gasteiger partial charge in [0, 0.05) is 0 Å². The summed E-state index contributed by atoms with van der Waals surface area (Å²) < 4.78 is 0. The van der Waals surface area contributed by atoms with Crippen LogP contribution >= 0.6 is 0 Å². The number of halogens is 2. The zero-order valence-electron chi connectivity index (χ0n) is 11.3. The largest absolute Gasteiger partial charge is 2.00 e. The summed E-state index contributed by atoms with van der Waals surface area (Å²) >= 11 is 0. The number of benzene rings is 2. The average Bonchev–Trinajstić information content (AvgIpc) is 2.41. The van der Waals surface area contributed by atoms with Gasteiger partial charge < -0.3 is 24.8 Å². The van der Waals surface area contributed by atoms with Gasteiger partial charge in [0.1, 0.15) is 0 Å². The summed E-state index contributed by atoms with van der Waals surface area (Å²) in [7, 11) is 0. The molecule has 19 heavy (non-hydrogen) atoms. The molecule has 0 heterocycles. The molecule has 0 spiro atoms. The predicted molar refractivity (Wildman–Crippen MR) is 75.1 cm³/mol. The van der Waals surface area contributed by atoms with Crippen molar-refractivity contribution in [3.8, 4) is 0 Å². The van der Waals surface area contributed by atoms with E-state index in [1.54, 1.807) is 0 Å². The molecule has 0 unspecified atom stereocenters. The first-order valence-corrected chi connectivity index (χ1v) is 5.78. The molecular formula is C16H18Cl2Sn. The Kier molecular flexibility index (Phi) is 20.0. The van der Waals surface area contributed by atoms with Crippen LogP contribution in [0.1, 0.15) is 25.0 Å². The molecule has 4 radical (unpaired) electrons. The Labute approximate surface area is 146 Å². The molecule has 0 N–H and O–H groups in total. The number of aryl methyl sites for hydroxylation is 2. The fourth-order valence-corrected chi connectivity index (χ4v) is 1.32. The molecule has 0 saturated carbocycles. The second kappa shape index (κ2) is 15.9. The standard InChI is InChI=1S/C10H13.C6H5.2ClH.Sn/c1-3-9-6-5-7-10(4-2)8-9;1-2-4-6-5-3-1;;;/h5-7H,3-4H2,1-2H3;1-5H;2*1H;/q;;;;+2/p-2. The van der Waals surface area contributed by atoms with Crippen molar-refractivity contribution in [3.63, 3.8) is 0 Å². The van der Waals surface area contributed by atoms with Crippen molar-refractivity contribution in [1.82, 2.24) is 0 Å². The first kappa shape index (κ1) is 23.9. The van der Waals surface area contributed by atoms with Crippen LogP contribution in [0.25, 0.3) is 0 Å². The van der Waals surface area contributed by atoms with Crippen LogP contribution in [0.15, 0.2) is 48.5 Å². The van der Waals surface area contributed by atoms with Gasteiger partial charge in [-0.15, -0.1) is 0 Å². The molecule has 0 aliphatic heterocycles. The summed E-state index contributed by atoms with van der Waals surface area (Å²) in [6.45, 7) is 4.32. The van der Waals surface area contributed by atoms with Gasteiger partial charge in [-0.3, -0.25) is 0 Å². The van der Waals surface area contributed by atoms with E-state index in [0.717, 1.165) is 12.8 Å². The average molecular weight is 400 g/mol. The van der Waals surface area contributed by atoms with Crippen LogP contribution in [0.4, 0.5) is 0 Å². The van der Waals surface area contributed by atoms with Crippen LogP contribution in [0.3, 0.4) is 0 Å². The van der Waals surface area contributed by atoms with Gasteiger partial charge in [0.2, 0.25) is 0 Å². The monoisotopic (exact) mass is 400 g/mol. The van der Waals surface area contributed by atoms with Crippen molar-refractivity contribution in [3.05, 3.63) is 71.8 Å². The van der Waals surface area contributed by atoms with Gasteiger partial charge >= 0.3 is 23.9 Å². The summed E-state index contributed by atoms with van der Waals surface area (Å²) in [5.74, 6) is 0. The quantitative estimate of drug-likeness (QED) is 0.499. The van der Waals surface area contributed by atoms with Crippen molar-refractivity contribution >= 4 is 23.9 Å². The van der Waals surface area contributed by atoms with Crippen LogP contribution in [0.2, 0.25) is 0 Å². The molecular weight excluding hydrogens is 382 g/mol. The molecule has 100 valence electrons. The maximum absolute atomic E-state index is 3.34. The number of rotatable bonds is 2. The fraction of sp³-hybridized carbons (Fsp3) is 0.250. The molecule has 0 nitrogen and oxygen atoms in total. The Hall–Kier alpha value is -0.181. The summed E-state index contributed by atoms with van der Waals surface area (Å²) in [4.78, 5) is 0. The third-order valence-corrected chi connectivity index (χ3v) is 2.28. The molecule has 0 aliphatic rings. The molecule has 0 saturated heterocycles. The minimum atomic E-state index is 0. The maximum atomic E-state index is 3.34.